The van der Waals surface area contributed by atoms with E-state index in [1.807, 2.05) is 32.1 Å². The maximum absolute atomic E-state index is 8.65. The highest BCUT2D eigenvalue weighted by Crippen LogP contribution is 2.25. The first kappa shape index (κ1) is 13.5. The van der Waals surface area contributed by atoms with Crippen molar-refractivity contribution in [2.24, 2.45) is 10.8 Å². The molecule has 15 heavy (non-hydrogen) atoms. The van der Waals surface area contributed by atoms with Gasteiger partial charge in [0.15, 0.2) is 0 Å². The lowest BCUT2D eigenvalue weighted by Crippen LogP contribution is -2.07. The molecule has 80 valence electrons. The molecule has 0 aliphatic carbocycles. The fraction of sp³-hybridized carbons (Fsp3) is 0.538. The van der Waals surface area contributed by atoms with E-state index in [-0.39, 0.29) is 16.4 Å². The van der Waals surface area contributed by atoms with Crippen LogP contribution in [0.4, 0.5) is 0 Å². The number of nitrogens with zero attached hydrogens (tertiary/aromatic N) is 2. The lowest BCUT2D eigenvalue weighted by atomic mass is 9.86. The Hall–Kier alpha value is -1.54. The third kappa shape index (κ3) is 6.52. The minimum absolute atomic E-state index is 0.116. The smallest absolute Gasteiger partial charge is 0.126 e. The summed E-state index contributed by atoms with van der Waals surface area (Å²) in [5.41, 5.74) is 0.0251. The molecular weight excluding hydrogens is 184 g/mol. The first-order valence-electron chi connectivity index (χ1n) is 4.94. The van der Waals surface area contributed by atoms with Crippen LogP contribution < -0.4 is 0 Å². The highest BCUT2D eigenvalue weighted by atomic mass is 14.3. The summed E-state index contributed by atoms with van der Waals surface area (Å²) in [6.45, 7) is 10.3. The van der Waals surface area contributed by atoms with Crippen molar-refractivity contribution in [2.75, 3.05) is 0 Å². The van der Waals surface area contributed by atoms with Crippen molar-refractivity contribution in [3.05, 3.63) is 23.8 Å². The summed E-state index contributed by atoms with van der Waals surface area (Å²) in [6, 6.07) is 3.74. The van der Waals surface area contributed by atoms with Gasteiger partial charge in [0, 0.05) is 5.41 Å². The first-order valence-corrected chi connectivity index (χ1v) is 4.94. The number of allylic oxidation sites excluding steroid dienone is 4. The SMILES string of the molecule is CC(C)(C)/C=C/C(C)(C)C=C(C#N)C#N. The fourth-order valence-electron chi connectivity index (χ4n) is 0.974. The summed E-state index contributed by atoms with van der Waals surface area (Å²) in [5.74, 6) is 0. The van der Waals surface area contributed by atoms with E-state index in [2.05, 4.69) is 26.8 Å². The minimum Gasteiger partial charge on any atom is -0.192 e. The van der Waals surface area contributed by atoms with Crippen LogP contribution in [-0.4, -0.2) is 0 Å². The lowest BCUT2D eigenvalue weighted by molar-refractivity contribution is 0.525. The van der Waals surface area contributed by atoms with Crippen molar-refractivity contribution in [1.29, 1.82) is 10.5 Å². The standard InChI is InChI=1S/C13H18N2/c1-12(2,3)6-7-13(4,5)8-11(9-14)10-15/h6-8H,1-5H3/b7-6+. The van der Waals surface area contributed by atoms with Gasteiger partial charge in [-0.15, -0.1) is 0 Å². The van der Waals surface area contributed by atoms with Gasteiger partial charge in [0.1, 0.15) is 17.7 Å². The third-order valence-corrected chi connectivity index (χ3v) is 1.77. The normalized spacial score (nSPS) is 11.9. The van der Waals surface area contributed by atoms with Crippen LogP contribution >= 0.6 is 0 Å². The van der Waals surface area contributed by atoms with Gasteiger partial charge in [-0.3, -0.25) is 0 Å². The predicted molar refractivity (Wildman–Crippen MR) is 61.7 cm³/mol. The molecule has 0 N–H and O–H groups in total. The van der Waals surface area contributed by atoms with Crippen LogP contribution in [0.25, 0.3) is 0 Å². The zero-order valence-electron chi connectivity index (χ0n) is 10.1. The Morgan fingerprint density at radius 3 is 1.73 bits per heavy atom. The Morgan fingerprint density at radius 2 is 1.40 bits per heavy atom. The van der Waals surface area contributed by atoms with E-state index in [0.717, 1.165) is 0 Å². The molecule has 2 heteroatoms. The highest BCUT2D eigenvalue weighted by molar-refractivity contribution is 5.37. The first-order chi connectivity index (χ1) is 6.70. The van der Waals surface area contributed by atoms with E-state index in [1.54, 1.807) is 6.08 Å². The largest absolute Gasteiger partial charge is 0.192 e. The van der Waals surface area contributed by atoms with Crippen molar-refractivity contribution < 1.29 is 0 Å². The molecule has 0 aromatic rings. The molecule has 0 spiro atoms. The molecule has 0 fully saturated rings. The Morgan fingerprint density at radius 1 is 0.933 bits per heavy atom. The Bertz CT molecular complexity index is 335. The van der Waals surface area contributed by atoms with E-state index in [9.17, 15) is 0 Å². The average Bonchev–Trinajstić information content (AvgIpc) is 2.10. The molecular formula is C13H18N2. The van der Waals surface area contributed by atoms with E-state index < -0.39 is 0 Å². The summed E-state index contributed by atoms with van der Waals surface area (Å²) in [7, 11) is 0. The monoisotopic (exact) mass is 202 g/mol. The summed E-state index contributed by atoms with van der Waals surface area (Å²) >= 11 is 0. The molecule has 0 heterocycles. The fourth-order valence-corrected chi connectivity index (χ4v) is 0.974. The third-order valence-electron chi connectivity index (χ3n) is 1.77. The van der Waals surface area contributed by atoms with Crippen molar-refractivity contribution in [1.82, 2.24) is 0 Å². The van der Waals surface area contributed by atoms with E-state index in [4.69, 9.17) is 10.5 Å². The molecule has 0 rings (SSSR count). The maximum Gasteiger partial charge on any atom is 0.126 e. The van der Waals surface area contributed by atoms with Crippen LogP contribution in [-0.2, 0) is 0 Å². The van der Waals surface area contributed by atoms with E-state index >= 15 is 0 Å². The van der Waals surface area contributed by atoms with Gasteiger partial charge in [-0.05, 0) is 11.5 Å². The molecule has 0 radical (unpaired) electrons. The maximum atomic E-state index is 8.65. The molecule has 0 saturated carbocycles. The van der Waals surface area contributed by atoms with Crippen LogP contribution in [0.15, 0.2) is 23.8 Å². The van der Waals surface area contributed by atoms with Gasteiger partial charge in [0.25, 0.3) is 0 Å². The molecule has 0 aliphatic rings. The Kier molecular flexibility index (Phi) is 4.31. The molecule has 0 saturated heterocycles. The average molecular weight is 202 g/mol. The summed E-state index contributed by atoms with van der Waals surface area (Å²) in [5, 5.41) is 17.3. The minimum atomic E-state index is -0.256. The zero-order chi connectivity index (χ0) is 12.1. The summed E-state index contributed by atoms with van der Waals surface area (Å²) < 4.78 is 0. The van der Waals surface area contributed by atoms with Crippen molar-refractivity contribution in [3.63, 3.8) is 0 Å². The highest BCUT2D eigenvalue weighted by Gasteiger charge is 2.14. The number of hydrogen-bond acceptors (Lipinski definition) is 2. The number of nitriles is 2. The van der Waals surface area contributed by atoms with Gasteiger partial charge < -0.3 is 0 Å². The predicted octanol–water partition coefficient (Wildman–Crippen LogP) is 3.59. The second kappa shape index (κ2) is 4.80. The van der Waals surface area contributed by atoms with Gasteiger partial charge >= 0.3 is 0 Å². The molecule has 0 atom stereocenters. The lowest BCUT2D eigenvalue weighted by Gasteiger charge is -2.18. The van der Waals surface area contributed by atoms with E-state index in [1.165, 1.54) is 0 Å². The van der Waals surface area contributed by atoms with Crippen molar-refractivity contribution in [3.8, 4) is 12.1 Å². The van der Waals surface area contributed by atoms with Crippen LogP contribution in [0.5, 0.6) is 0 Å². The molecule has 0 aliphatic heterocycles. The molecule has 0 amide bonds. The Balaban J connectivity index is 4.89. The molecule has 0 aromatic carbocycles. The van der Waals surface area contributed by atoms with Crippen LogP contribution in [0.3, 0.4) is 0 Å². The number of hydrogen-bond donors (Lipinski definition) is 0. The van der Waals surface area contributed by atoms with Crippen LogP contribution in [0.1, 0.15) is 34.6 Å². The topological polar surface area (TPSA) is 47.6 Å². The van der Waals surface area contributed by atoms with Crippen molar-refractivity contribution >= 4 is 0 Å². The summed E-state index contributed by atoms with van der Waals surface area (Å²) in [6.07, 6.45) is 5.81. The summed E-state index contributed by atoms with van der Waals surface area (Å²) in [4.78, 5) is 0. The Labute approximate surface area is 92.5 Å². The van der Waals surface area contributed by atoms with Gasteiger partial charge in [0.2, 0.25) is 0 Å². The second-order valence-electron chi connectivity index (χ2n) is 5.30. The quantitative estimate of drug-likeness (QED) is 0.507. The molecule has 2 nitrogen and oxygen atoms in total. The van der Waals surface area contributed by atoms with Crippen LogP contribution in [0, 0.1) is 33.5 Å². The number of rotatable bonds is 2. The van der Waals surface area contributed by atoms with Gasteiger partial charge in [-0.2, -0.15) is 10.5 Å². The molecule has 0 aromatic heterocycles. The van der Waals surface area contributed by atoms with Gasteiger partial charge in [-0.1, -0.05) is 46.8 Å². The van der Waals surface area contributed by atoms with Gasteiger partial charge in [0.05, 0.1) is 0 Å². The van der Waals surface area contributed by atoms with E-state index in [0.29, 0.717) is 0 Å². The van der Waals surface area contributed by atoms with Crippen molar-refractivity contribution in [2.45, 2.75) is 34.6 Å². The van der Waals surface area contributed by atoms with Crippen LogP contribution in [0.2, 0.25) is 0 Å². The van der Waals surface area contributed by atoms with Gasteiger partial charge in [-0.25, -0.2) is 0 Å². The second-order valence-corrected chi connectivity index (χ2v) is 5.30. The molecule has 0 bridgehead atoms. The zero-order valence-corrected chi connectivity index (χ0v) is 10.1. The molecule has 0 unspecified atom stereocenters.